The van der Waals surface area contributed by atoms with Crippen molar-refractivity contribution in [2.45, 2.75) is 19.8 Å². The molecule has 8 nitrogen and oxygen atoms in total. The molecule has 110 valence electrons. The Kier molecular flexibility index (Phi) is 5.85. The van der Waals surface area contributed by atoms with Crippen LogP contribution >= 0.6 is 0 Å². The number of rotatable bonds is 8. The molecule has 20 heavy (non-hydrogen) atoms. The summed E-state index contributed by atoms with van der Waals surface area (Å²) in [4.78, 5) is 20.2. The smallest absolute Gasteiger partial charge is 0.299 e. The molecule has 0 aliphatic carbocycles. The van der Waals surface area contributed by atoms with Crippen molar-refractivity contribution in [2.24, 2.45) is 5.92 Å². The van der Waals surface area contributed by atoms with Gasteiger partial charge in [0, 0.05) is 19.2 Å². The van der Waals surface area contributed by atoms with Crippen molar-refractivity contribution in [2.75, 3.05) is 18.5 Å². The van der Waals surface area contributed by atoms with Gasteiger partial charge in [0.1, 0.15) is 5.69 Å². The number of hydrogen-bond donors (Lipinski definition) is 2. The summed E-state index contributed by atoms with van der Waals surface area (Å²) in [7, 11) is 0. The number of nitro groups is 2. The maximum Gasteiger partial charge on any atom is 0.299 e. The first-order valence-electron chi connectivity index (χ1n) is 6.23. The van der Waals surface area contributed by atoms with Crippen molar-refractivity contribution < 1.29 is 15.0 Å². The Morgan fingerprint density at radius 2 is 2.00 bits per heavy atom. The van der Waals surface area contributed by atoms with Crippen LogP contribution in [-0.4, -0.2) is 28.1 Å². The molecule has 1 aromatic rings. The van der Waals surface area contributed by atoms with Gasteiger partial charge in [-0.25, -0.2) is 0 Å². The van der Waals surface area contributed by atoms with Crippen LogP contribution in [0.25, 0.3) is 0 Å². The SMILES string of the molecule is CC(CO)CCCNc1ccc([N+](=O)[O-])cc1[N+](=O)[O-]. The van der Waals surface area contributed by atoms with Gasteiger partial charge >= 0.3 is 0 Å². The molecule has 8 heteroatoms. The van der Waals surface area contributed by atoms with Gasteiger partial charge < -0.3 is 10.4 Å². The van der Waals surface area contributed by atoms with Crippen LogP contribution < -0.4 is 5.32 Å². The molecule has 0 aromatic heterocycles. The van der Waals surface area contributed by atoms with E-state index in [1.165, 1.54) is 12.1 Å². The Hall–Kier alpha value is -2.22. The quantitative estimate of drug-likeness (QED) is 0.429. The monoisotopic (exact) mass is 283 g/mol. The normalized spacial score (nSPS) is 11.9. The average molecular weight is 283 g/mol. The minimum atomic E-state index is -0.667. The molecule has 1 aromatic carbocycles. The Morgan fingerprint density at radius 1 is 1.30 bits per heavy atom. The molecule has 0 saturated carbocycles. The number of hydrogen-bond acceptors (Lipinski definition) is 6. The van der Waals surface area contributed by atoms with Crippen LogP contribution in [-0.2, 0) is 0 Å². The molecule has 1 unspecified atom stereocenters. The van der Waals surface area contributed by atoms with Crippen molar-refractivity contribution in [3.63, 3.8) is 0 Å². The molecular weight excluding hydrogens is 266 g/mol. The van der Waals surface area contributed by atoms with Crippen LogP contribution in [0.2, 0.25) is 0 Å². The zero-order valence-electron chi connectivity index (χ0n) is 11.1. The maximum atomic E-state index is 10.9. The fraction of sp³-hybridized carbons (Fsp3) is 0.500. The number of nitrogens with zero attached hydrogens (tertiary/aromatic N) is 2. The van der Waals surface area contributed by atoms with Crippen molar-refractivity contribution >= 4 is 17.1 Å². The van der Waals surface area contributed by atoms with E-state index in [1.807, 2.05) is 6.92 Å². The van der Waals surface area contributed by atoms with E-state index in [9.17, 15) is 20.2 Å². The molecule has 0 fully saturated rings. The summed E-state index contributed by atoms with van der Waals surface area (Å²) < 4.78 is 0. The highest BCUT2D eigenvalue weighted by Crippen LogP contribution is 2.28. The number of anilines is 1. The van der Waals surface area contributed by atoms with Gasteiger partial charge in [-0.15, -0.1) is 0 Å². The minimum absolute atomic E-state index is 0.109. The molecule has 0 spiro atoms. The van der Waals surface area contributed by atoms with Gasteiger partial charge in [-0.2, -0.15) is 0 Å². The zero-order valence-corrected chi connectivity index (χ0v) is 11.1. The predicted octanol–water partition coefficient (Wildman–Crippen LogP) is 2.32. The van der Waals surface area contributed by atoms with Crippen LogP contribution in [0.15, 0.2) is 18.2 Å². The average Bonchev–Trinajstić information content (AvgIpc) is 2.42. The lowest BCUT2D eigenvalue weighted by atomic mass is 10.1. The van der Waals surface area contributed by atoms with Crippen LogP contribution in [0.5, 0.6) is 0 Å². The second-order valence-corrected chi connectivity index (χ2v) is 4.57. The maximum absolute atomic E-state index is 10.9. The Morgan fingerprint density at radius 3 is 2.55 bits per heavy atom. The highest BCUT2D eigenvalue weighted by molar-refractivity contribution is 5.65. The van der Waals surface area contributed by atoms with Crippen molar-refractivity contribution in [1.82, 2.24) is 0 Å². The standard InChI is InChI=1S/C12H17N3O5/c1-9(8-16)3-2-6-13-11-5-4-10(14(17)18)7-12(11)15(19)20/h4-5,7,9,13,16H,2-3,6,8H2,1H3. The highest BCUT2D eigenvalue weighted by atomic mass is 16.6. The lowest BCUT2D eigenvalue weighted by Crippen LogP contribution is -2.08. The third-order valence-corrected chi connectivity index (χ3v) is 2.89. The molecule has 0 aliphatic heterocycles. The molecular formula is C12H17N3O5. The van der Waals surface area contributed by atoms with Crippen LogP contribution in [0.1, 0.15) is 19.8 Å². The van der Waals surface area contributed by atoms with Gasteiger partial charge in [0.25, 0.3) is 11.4 Å². The van der Waals surface area contributed by atoms with E-state index in [1.54, 1.807) is 0 Å². The van der Waals surface area contributed by atoms with Crippen LogP contribution in [0.4, 0.5) is 17.1 Å². The highest BCUT2D eigenvalue weighted by Gasteiger charge is 2.18. The number of nitro benzene ring substituents is 2. The largest absolute Gasteiger partial charge is 0.396 e. The van der Waals surface area contributed by atoms with Gasteiger partial charge in [-0.1, -0.05) is 6.92 Å². The molecule has 0 radical (unpaired) electrons. The van der Waals surface area contributed by atoms with Crippen molar-refractivity contribution in [3.8, 4) is 0 Å². The van der Waals surface area contributed by atoms with Crippen molar-refractivity contribution in [3.05, 3.63) is 38.4 Å². The first-order chi connectivity index (χ1) is 9.45. The van der Waals surface area contributed by atoms with Gasteiger partial charge in [-0.05, 0) is 24.8 Å². The number of nitrogens with one attached hydrogen (secondary N) is 1. The van der Waals surface area contributed by atoms with E-state index in [2.05, 4.69) is 5.32 Å². The second kappa shape index (κ2) is 7.39. The lowest BCUT2D eigenvalue weighted by molar-refractivity contribution is -0.393. The fourth-order valence-corrected chi connectivity index (χ4v) is 1.70. The third kappa shape index (κ3) is 4.47. The summed E-state index contributed by atoms with van der Waals surface area (Å²) in [6.45, 7) is 2.52. The molecule has 1 atom stereocenters. The molecule has 0 bridgehead atoms. The van der Waals surface area contributed by atoms with Gasteiger partial charge in [-0.3, -0.25) is 20.2 Å². The molecule has 0 amide bonds. The third-order valence-electron chi connectivity index (χ3n) is 2.89. The van der Waals surface area contributed by atoms with Crippen molar-refractivity contribution in [1.29, 1.82) is 0 Å². The first-order valence-corrected chi connectivity index (χ1v) is 6.23. The Labute approximate surface area is 115 Å². The van der Waals surface area contributed by atoms with E-state index in [0.717, 1.165) is 18.9 Å². The number of benzene rings is 1. The summed E-state index contributed by atoms with van der Waals surface area (Å²) in [5.74, 6) is 0.184. The predicted molar refractivity (Wildman–Crippen MR) is 73.7 cm³/mol. The van der Waals surface area contributed by atoms with E-state index in [0.29, 0.717) is 6.54 Å². The second-order valence-electron chi connectivity index (χ2n) is 4.57. The van der Waals surface area contributed by atoms with Gasteiger partial charge in [0.15, 0.2) is 0 Å². The lowest BCUT2D eigenvalue weighted by Gasteiger charge is -2.09. The Balaban J connectivity index is 2.70. The topological polar surface area (TPSA) is 119 Å². The number of aliphatic hydroxyl groups excluding tert-OH is 1. The molecule has 0 saturated heterocycles. The van der Waals surface area contributed by atoms with Crippen LogP contribution in [0, 0.1) is 26.1 Å². The first kappa shape index (κ1) is 15.8. The molecule has 0 aliphatic rings. The summed E-state index contributed by atoms with van der Waals surface area (Å²) >= 11 is 0. The van der Waals surface area contributed by atoms with E-state index < -0.39 is 9.85 Å². The van der Waals surface area contributed by atoms with E-state index in [4.69, 9.17) is 5.11 Å². The van der Waals surface area contributed by atoms with E-state index in [-0.39, 0.29) is 29.6 Å². The number of aliphatic hydroxyl groups is 1. The van der Waals surface area contributed by atoms with Gasteiger partial charge in [0.2, 0.25) is 0 Å². The van der Waals surface area contributed by atoms with Gasteiger partial charge in [0.05, 0.1) is 15.9 Å². The zero-order chi connectivity index (χ0) is 15.1. The summed E-state index contributed by atoms with van der Waals surface area (Å²) in [6, 6.07) is 3.51. The molecule has 1 rings (SSSR count). The summed E-state index contributed by atoms with van der Waals surface area (Å²) in [6.07, 6.45) is 1.54. The number of non-ortho nitro benzene ring substituents is 1. The molecule has 2 N–H and O–H groups in total. The molecule has 0 heterocycles. The minimum Gasteiger partial charge on any atom is -0.396 e. The van der Waals surface area contributed by atoms with E-state index >= 15 is 0 Å². The Bertz CT molecular complexity index is 492. The summed E-state index contributed by atoms with van der Waals surface area (Å²) in [5, 5.41) is 33.3. The summed E-state index contributed by atoms with van der Waals surface area (Å²) in [5.41, 5.74) is -0.359. The van der Waals surface area contributed by atoms with Crippen LogP contribution in [0.3, 0.4) is 0 Å². The fourth-order valence-electron chi connectivity index (χ4n) is 1.70.